The molecular weight excluding hydrogens is 429 g/mol. The van der Waals surface area contributed by atoms with Gasteiger partial charge in [0.1, 0.15) is 22.7 Å². The van der Waals surface area contributed by atoms with Gasteiger partial charge in [-0.05, 0) is 67.3 Å². The van der Waals surface area contributed by atoms with E-state index in [1.54, 1.807) is 22.8 Å². The molecule has 5 aromatic rings. The molecule has 3 N–H and O–H groups in total. The highest BCUT2D eigenvalue weighted by molar-refractivity contribution is 6.16. The number of para-hydroxylation sites is 2. The summed E-state index contributed by atoms with van der Waals surface area (Å²) in [6, 6.07) is 19.8. The Balaban J connectivity index is 1.60. The molecule has 3 aromatic carbocycles. The van der Waals surface area contributed by atoms with Crippen LogP contribution >= 0.6 is 0 Å². The van der Waals surface area contributed by atoms with E-state index >= 15 is 0 Å². The van der Waals surface area contributed by atoms with E-state index in [1.165, 1.54) is 6.07 Å². The summed E-state index contributed by atoms with van der Waals surface area (Å²) in [5, 5.41) is 2.94. The first-order valence-corrected chi connectivity index (χ1v) is 11.1. The summed E-state index contributed by atoms with van der Waals surface area (Å²) in [5.41, 5.74) is 12.5. The number of nitrogen functional groups attached to an aromatic ring is 1. The molecule has 0 aliphatic carbocycles. The van der Waals surface area contributed by atoms with Gasteiger partial charge >= 0.3 is 0 Å². The van der Waals surface area contributed by atoms with Gasteiger partial charge in [-0.1, -0.05) is 36.4 Å². The van der Waals surface area contributed by atoms with Crippen LogP contribution in [0.5, 0.6) is 0 Å². The van der Waals surface area contributed by atoms with Crippen LogP contribution in [0, 0.1) is 19.7 Å². The Kier molecular flexibility index (Phi) is 5.45. The first kappa shape index (κ1) is 21.6. The lowest BCUT2D eigenvalue weighted by Gasteiger charge is -2.09. The predicted molar refractivity (Wildman–Crippen MR) is 133 cm³/mol. The zero-order valence-corrected chi connectivity index (χ0v) is 19.0. The molecule has 0 unspecified atom stereocenters. The summed E-state index contributed by atoms with van der Waals surface area (Å²) in [6.07, 6.45) is 0.396. The van der Waals surface area contributed by atoms with Crippen LogP contribution in [0.3, 0.4) is 0 Å². The van der Waals surface area contributed by atoms with Crippen LogP contribution in [-0.4, -0.2) is 20.4 Å². The fraction of sp³-hybridized carbons (Fsp3) is 0.148. The Morgan fingerprint density at radius 1 is 0.971 bits per heavy atom. The lowest BCUT2D eigenvalue weighted by atomic mass is 10.1. The first-order valence-electron chi connectivity index (χ1n) is 11.1. The van der Waals surface area contributed by atoms with Crippen molar-refractivity contribution in [1.29, 1.82) is 0 Å². The molecule has 0 aliphatic rings. The van der Waals surface area contributed by atoms with Gasteiger partial charge < -0.3 is 15.6 Å². The number of nitrogens with zero attached hydrogens (tertiary/aromatic N) is 3. The summed E-state index contributed by atoms with van der Waals surface area (Å²) >= 11 is 0. The minimum absolute atomic E-state index is 0.253. The smallest absolute Gasteiger partial charge is 0.261 e. The molecule has 0 spiro atoms. The van der Waals surface area contributed by atoms with Crippen molar-refractivity contribution in [3.05, 3.63) is 94.8 Å². The second-order valence-electron chi connectivity index (χ2n) is 8.39. The number of nitrogens with one attached hydrogen (secondary N) is 1. The number of carbonyl (C=O) groups is 1. The topological polar surface area (TPSA) is 85.8 Å². The molecule has 0 bridgehead atoms. The summed E-state index contributed by atoms with van der Waals surface area (Å²) in [5.74, 6) is -0.385. The highest BCUT2D eigenvalue weighted by Gasteiger charge is 2.24. The number of rotatable bonds is 5. The zero-order valence-electron chi connectivity index (χ0n) is 19.0. The minimum atomic E-state index is -0.361. The standard InChI is InChI=1S/C27H24FN5O/c1-16-11-12-19(15-17(16)2)30-27(34)23-24-26(32-22-10-6-5-9-21(22)31-24)33(25(23)29)14-13-18-7-3-4-8-20(18)28/h3-12,15H,13-14,29H2,1-2H3,(H,30,34). The predicted octanol–water partition coefficient (Wildman–Crippen LogP) is 5.42. The molecule has 0 saturated heterocycles. The normalized spacial score (nSPS) is 11.3. The molecule has 2 heterocycles. The van der Waals surface area contributed by atoms with Gasteiger partial charge in [0.15, 0.2) is 5.65 Å². The van der Waals surface area contributed by atoms with E-state index in [4.69, 9.17) is 15.7 Å². The van der Waals surface area contributed by atoms with Crippen molar-refractivity contribution in [2.45, 2.75) is 26.8 Å². The summed E-state index contributed by atoms with van der Waals surface area (Å²) < 4.78 is 16.0. The van der Waals surface area contributed by atoms with Gasteiger partial charge in [0, 0.05) is 12.2 Å². The van der Waals surface area contributed by atoms with E-state index in [9.17, 15) is 9.18 Å². The molecule has 1 amide bonds. The third kappa shape index (κ3) is 3.85. The van der Waals surface area contributed by atoms with E-state index in [0.717, 1.165) is 11.1 Å². The number of aromatic nitrogens is 3. The number of nitrogens with two attached hydrogens (primary N) is 1. The number of benzene rings is 3. The highest BCUT2D eigenvalue weighted by atomic mass is 19.1. The number of hydrogen-bond donors (Lipinski definition) is 2. The quantitative estimate of drug-likeness (QED) is 0.372. The van der Waals surface area contributed by atoms with Gasteiger partial charge in [-0.15, -0.1) is 0 Å². The van der Waals surface area contributed by atoms with Gasteiger partial charge in [0.25, 0.3) is 5.91 Å². The van der Waals surface area contributed by atoms with Crippen LogP contribution in [0.2, 0.25) is 0 Å². The van der Waals surface area contributed by atoms with Gasteiger partial charge in [0.2, 0.25) is 0 Å². The van der Waals surface area contributed by atoms with Gasteiger partial charge in [-0.3, -0.25) is 4.79 Å². The molecule has 0 atom stereocenters. The van der Waals surface area contributed by atoms with Crippen molar-refractivity contribution >= 4 is 39.6 Å². The molecule has 7 heteroatoms. The molecule has 0 saturated carbocycles. The van der Waals surface area contributed by atoms with Crippen molar-refractivity contribution in [1.82, 2.24) is 14.5 Å². The molecule has 0 radical (unpaired) electrons. The van der Waals surface area contributed by atoms with Crippen molar-refractivity contribution in [3.8, 4) is 0 Å². The van der Waals surface area contributed by atoms with Crippen LogP contribution in [0.1, 0.15) is 27.0 Å². The molecule has 0 fully saturated rings. The third-order valence-corrected chi connectivity index (χ3v) is 6.15. The van der Waals surface area contributed by atoms with Crippen LogP contribution in [0.4, 0.5) is 15.9 Å². The van der Waals surface area contributed by atoms with E-state index < -0.39 is 0 Å². The van der Waals surface area contributed by atoms with Gasteiger partial charge in [0.05, 0.1) is 11.0 Å². The van der Waals surface area contributed by atoms with Crippen LogP contribution in [-0.2, 0) is 13.0 Å². The summed E-state index contributed by atoms with van der Waals surface area (Å²) in [6.45, 7) is 4.36. The Morgan fingerprint density at radius 3 is 2.41 bits per heavy atom. The largest absolute Gasteiger partial charge is 0.384 e. The third-order valence-electron chi connectivity index (χ3n) is 6.15. The zero-order chi connectivity index (χ0) is 23.8. The maximum Gasteiger partial charge on any atom is 0.261 e. The maximum absolute atomic E-state index is 14.2. The molecule has 170 valence electrons. The number of halogens is 1. The molecule has 2 aromatic heterocycles. The van der Waals surface area contributed by atoms with E-state index in [0.29, 0.717) is 46.4 Å². The minimum Gasteiger partial charge on any atom is -0.384 e. The number of fused-ring (bicyclic) bond motifs is 2. The average molecular weight is 454 g/mol. The fourth-order valence-electron chi connectivity index (χ4n) is 4.11. The van der Waals surface area contributed by atoms with Crippen LogP contribution < -0.4 is 11.1 Å². The molecule has 6 nitrogen and oxygen atoms in total. The number of hydrogen-bond acceptors (Lipinski definition) is 4. The van der Waals surface area contributed by atoms with Crippen molar-refractivity contribution in [2.75, 3.05) is 11.1 Å². The number of aryl methyl sites for hydroxylation is 4. The number of anilines is 2. The fourth-order valence-corrected chi connectivity index (χ4v) is 4.11. The Morgan fingerprint density at radius 2 is 1.68 bits per heavy atom. The number of amides is 1. The molecule has 0 aliphatic heterocycles. The lowest BCUT2D eigenvalue weighted by molar-refractivity contribution is 0.102. The van der Waals surface area contributed by atoms with E-state index in [1.807, 2.05) is 56.3 Å². The van der Waals surface area contributed by atoms with Crippen molar-refractivity contribution in [2.24, 2.45) is 0 Å². The van der Waals surface area contributed by atoms with Gasteiger partial charge in [-0.2, -0.15) is 0 Å². The molecule has 34 heavy (non-hydrogen) atoms. The van der Waals surface area contributed by atoms with Crippen molar-refractivity contribution in [3.63, 3.8) is 0 Å². The molecule has 5 rings (SSSR count). The van der Waals surface area contributed by atoms with E-state index in [-0.39, 0.29) is 23.1 Å². The highest BCUT2D eigenvalue weighted by Crippen LogP contribution is 2.29. The monoisotopic (exact) mass is 453 g/mol. The average Bonchev–Trinajstić information content (AvgIpc) is 3.09. The van der Waals surface area contributed by atoms with Crippen LogP contribution in [0.15, 0.2) is 66.7 Å². The van der Waals surface area contributed by atoms with Crippen LogP contribution in [0.25, 0.3) is 22.2 Å². The summed E-state index contributed by atoms with van der Waals surface area (Å²) in [7, 11) is 0. The second kappa shape index (κ2) is 8.59. The van der Waals surface area contributed by atoms with Crippen molar-refractivity contribution < 1.29 is 9.18 Å². The number of carbonyl (C=O) groups excluding carboxylic acids is 1. The SMILES string of the molecule is Cc1ccc(NC(=O)c2c(N)n(CCc3ccccc3F)c3nc4ccccc4nc23)cc1C. The first-order chi connectivity index (χ1) is 16.4. The Hall–Kier alpha value is -4.26. The molecular formula is C27H24FN5O. The Labute approximate surface area is 196 Å². The second-order valence-corrected chi connectivity index (χ2v) is 8.39. The van der Waals surface area contributed by atoms with E-state index in [2.05, 4.69) is 5.32 Å². The summed E-state index contributed by atoms with van der Waals surface area (Å²) in [4.78, 5) is 22.9. The van der Waals surface area contributed by atoms with Gasteiger partial charge in [-0.25, -0.2) is 14.4 Å². The lowest BCUT2D eigenvalue weighted by Crippen LogP contribution is -2.15. The maximum atomic E-state index is 14.2. The Bertz CT molecular complexity index is 1560.